The number of hydrogen-bond donors (Lipinski definition) is 0. The van der Waals surface area contributed by atoms with E-state index in [4.69, 9.17) is 4.74 Å². The SMILES string of the molecule is Cc1ccc2c(c1)C(c1ccccc1)=C(I)CO2. The molecule has 0 saturated carbocycles. The zero-order chi connectivity index (χ0) is 12.5. The van der Waals surface area contributed by atoms with E-state index in [1.165, 1.54) is 25.8 Å². The average molecular weight is 348 g/mol. The summed E-state index contributed by atoms with van der Waals surface area (Å²) in [6, 6.07) is 16.9. The number of ether oxygens (including phenoxy) is 1. The van der Waals surface area contributed by atoms with E-state index in [1.54, 1.807) is 0 Å². The van der Waals surface area contributed by atoms with Crippen molar-refractivity contribution in [3.05, 3.63) is 68.8 Å². The summed E-state index contributed by atoms with van der Waals surface area (Å²) < 4.78 is 7.04. The van der Waals surface area contributed by atoms with Gasteiger partial charge in [-0.1, -0.05) is 42.0 Å². The summed E-state index contributed by atoms with van der Waals surface area (Å²) in [5, 5.41) is 0. The molecule has 0 fully saturated rings. The van der Waals surface area contributed by atoms with Gasteiger partial charge in [-0.15, -0.1) is 0 Å². The third-order valence-corrected chi connectivity index (χ3v) is 3.94. The number of fused-ring (bicyclic) bond motifs is 1. The minimum absolute atomic E-state index is 0.668. The van der Waals surface area contributed by atoms with Crippen LogP contribution >= 0.6 is 22.6 Å². The Hall–Kier alpha value is -1.29. The molecule has 0 atom stereocenters. The Balaban J connectivity index is 2.22. The average Bonchev–Trinajstić information content (AvgIpc) is 2.39. The minimum Gasteiger partial charge on any atom is -0.488 e. The summed E-state index contributed by atoms with van der Waals surface area (Å²) in [6.07, 6.45) is 0. The van der Waals surface area contributed by atoms with E-state index in [0.717, 1.165) is 5.75 Å². The van der Waals surface area contributed by atoms with Crippen LogP contribution in [-0.4, -0.2) is 6.61 Å². The third kappa shape index (κ3) is 2.05. The lowest BCUT2D eigenvalue weighted by Gasteiger charge is -2.22. The smallest absolute Gasteiger partial charge is 0.127 e. The van der Waals surface area contributed by atoms with Crippen LogP contribution in [0.2, 0.25) is 0 Å². The van der Waals surface area contributed by atoms with Crippen LogP contribution in [0.25, 0.3) is 5.57 Å². The Labute approximate surface area is 121 Å². The molecule has 18 heavy (non-hydrogen) atoms. The van der Waals surface area contributed by atoms with Gasteiger partial charge in [0.25, 0.3) is 0 Å². The maximum atomic E-state index is 5.78. The molecular weight excluding hydrogens is 335 g/mol. The van der Waals surface area contributed by atoms with Crippen LogP contribution < -0.4 is 4.74 Å². The van der Waals surface area contributed by atoms with Gasteiger partial charge in [0.1, 0.15) is 12.4 Å². The molecule has 1 aliphatic rings. The van der Waals surface area contributed by atoms with Gasteiger partial charge in [0.2, 0.25) is 0 Å². The normalized spacial score (nSPS) is 14.1. The molecule has 2 heteroatoms. The molecule has 0 spiro atoms. The lowest BCUT2D eigenvalue weighted by molar-refractivity contribution is 0.356. The Kier molecular flexibility index (Phi) is 3.12. The molecule has 0 unspecified atom stereocenters. The van der Waals surface area contributed by atoms with Gasteiger partial charge in [-0.05, 0) is 47.2 Å². The maximum Gasteiger partial charge on any atom is 0.127 e. The first-order valence-corrected chi connectivity index (χ1v) is 7.01. The fourth-order valence-corrected chi connectivity index (χ4v) is 3.00. The van der Waals surface area contributed by atoms with Crippen molar-refractivity contribution < 1.29 is 4.74 Å². The Morgan fingerprint density at radius 1 is 1.06 bits per heavy atom. The summed E-state index contributed by atoms with van der Waals surface area (Å²) in [5.74, 6) is 0.986. The summed E-state index contributed by atoms with van der Waals surface area (Å²) >= 11 is 2.39. The third-order valence-electron chi connectivity index (χ3n) is 3.09. The van der Waals surface area contributed by atoms with Gasteiger partial charge < -0.3 is 4.74 Å². The number of rotatable bonds is 1. The van der Waals surface area contributed by atoms with Gasteiger partial charge in [0, 0.05) is 14.7 Å². The number of halogens is 1. The minimum atomic E-state index is 0.668. The first-order chi connectivity index (χ1) is 8.75. The van der Waals surface area contributed by atoms with E-state index in [0.29, 0.717) is 6.61 Å². The first-order valence-electron chi connectivity index (χ1n) is 5.93. The lowest BCUT2D eigenvalue weighted by atomic mass is 9.94. The summed E-state index contributed by atoms with van der Waals surface area (Å²) in [5.41, 5.74) is 5.03. The molecule has 1 nitrogen and oxygen atoms in total. The second kappa shape index (κ2) is 4.76. The van der Waals surface area contributed by atoms with Gasteiger partial charge >= 0.3 is 0 Å². The molecule has 90 valence electrons. The van der Waals surface area contributed by atoms with Crippen molar-refractivity contribution in [1.82, 2.24) is 0 Å². The summed E-state index contributed by atoms with van der Waals surface area (Å²) in [6.45, 7) is 2.78. The lowest BCUT2D eigenvalue weighted by Crippen LogP contribution is -2.09. The molecule has 0 bridgehead atoms. The topological polar surface area (TPSA) is 9.23 Å². The van der Waals surface area contributed by atoms with Gasteiger partial charge in [-0.25, -0.2) is 0 Å². The van der Waals surface area contributed by atoms with Crippen LogP contribution in [0, 0.1) is 6.92 Å². The second-order valence-corrected chi connectivity index (χ2v) is 5.74. The summed E-state index contributed by atoms with van der Waals surface area (Å²) in [7, 11) is 0. The molecule has 0 saturated heterocycles. The van der Waals surface area contributed by atoms with Crippen molar-refractivity contribution in [3.63, 3.8) is 0 Å². The molecular formula is C16H13IO. The molecule has 2 aromatic carbocycles. The predicted octanol–water partition coefficient (Wildman–Crippen LogP) is 4.58. The van der Waals surface area contributed by atoms with Crippen molar-refractivity contribution in [3.8, 4) is 5.75 Å². The van der Waals surface area contributed by atoms with Gasteiger partial charge in [0.05, 0.1) is 0 Å². The first kappa shape index (κ1) is 11.8. The van der Waals surface area contributed by atoms with Gasteiger partial charge in [-0.2, -0.15) is 0 Å². The highest BCUT2D eigenvalue weighted by atomic mass is 127. The molecule has 0 N–H and O–H groups in total. The van der Waals surface area contributed by atoms with E-state index in [-0.39, 0.29) is 0 Å². The van der Waals surface area contributed by atoms with Gasteiger partial charge in [-0.3, -0.25) is 0 Å². The van der Waals surface area contributed by atoms with E-state index in [2.05, 4.69) is 72.0 Å². The Morgan fingerprint density at radius 3 is 2.61 bits per heavy atom. The molecule has 3 rings (SSSR count). The largest absolute Gasteiger partial charge is 0.488 e. The van der Waals surface area contributed by atoms with Crippen LogP contribution in [0.3, 0.4) is 0 Å². The van der Waals surface area contributed by atoms with Crippen LogP contribution in [0.5, 0.6) is 5.75 Å². The standard InChI is InChI=1S/C16H13IO/c1-11-7-8-15-13(9-11)16(14(17)10-18-15)12-5-3-2-4-6-12/h2-9H,10H2,1H3. The van der Waals surface area contributed by atoms with E-state index in [9.17, 15) is 0 Å². The van der Waals surface area contributed by atoms with E-state index in [1.807, 2.05) is 6.07 Å². The zero-order valence-electron chi connectivity index (χ0n) is 10.1. The van der Waals surface area contributed by atoms with E-state index < -0.39 is 0 Å². The zero-order valence-corrected chi connectivity index (χ0v) is 12.3. The number of aryl methyl sites for hydroxylation is 1. The Morgan fingerprint density at radius 2 is 1.83 bits per heavy atom. The molecule has 0 radical (unpaired) electrons. The maximum absolute atomic E-state index is 5.78. The highest BCUT2D eigenvalue weighted by Gasteiger charge is 2.19. The van der Waals surface area contributed by atoms with Crippen molar-refractivity contribution >= 4 is 28.2 Å². The molecule has 2 aromatic rings. The molecule has 0 amide bonds. The second-order valence-electron chi connectivity index (χ2n) is 4.43. The van der Waals surface area contributed by atoms with Crippen LogP contribution in [0.1, 0.15) is 16.7 Å². The predicted molar refractivity (Wildman–Crippen MR) is 83.2 cm³/mol. The Bertz CT molecular complexity index is 614. The van der Waals surface area contributed by atoms with Crippen LogP contribution in [0.4, 0.5) is 0 Å². The van der Waals surface area contributed by atoms with Crippen LogP contribution in [-0.2, 0) is 0 Å². The van der Waals surface area contributed by atoms with Crippen LogP contribution in [0.15, 0.2) is 52.1 Å². The fraction of sp³-hybridized carbons (Fsp3) is 0.125. The van der Waals surface area contributed by atoms with Crippen molar-refractivity contribution in [1.29, 1.82) is 0 Å². The highest BCUT2D eigenvalue weighted by molar-refractivity contribution is 14.1. The van der Waals surface area contributed by atoms with Crippen molar-refractivity contribution in [2.75, 3.05) is 6.61 Å². The molecule has 1 heterocycles. The summed E-state index contributed by atoms with van der Waals surface area (Å²) in [4.78, 5) is 0. The number of benzene rings is 2. The molecule has 1 aliphatic heterocycles. The number of hydrogen-bond acceptors (Lipinski definition) is 1. The van der Waals surface area contributed by atoms with Crippen molar-refractivity contribution in [2.24, 2.45) is 0 Å². The quantitative estimate of drug-likeness (QED) is 0.686. The van der Waals surface area contributed by atoms with E-state index >= 15 is 0 Å². The van der Waals surface area contributed by atoms with Gasteiger partial charge in [0.15, 0.2) is 0 Å². The molecule has 0 aromatic heterocycles. The molecule has 0 aliphatic carbocycles. The van der Waals surface area contributed by atoms with Crippen molar-refractivity contribution in [2.45, 2.75) is 6.92 Å². The highest BCUT2D eigenvalue weighted by Crippen LogP contribution is 2.39. The monoisotopic (exact) mass is 348 g/mol. The fourth-order valence-electron chi connectivity index (χ4n) is 2.24.